The van der Waals surface area contributed by atoms with E-state index in [1.807, 2.05) is 37.4 Å². The zero-order valence-corrected chi connectivity index (χ0v) is 24.1. The highest BCUT2D eigenvalue weighted by atomic mass is 32.1. The first-order valence-electron chi connectivity index (χ1n) is 14.2. The highest BCUT2D eigenvalue weighted by Crippen LogP contribution is 2.36. The first kappa shape index (κ1) is 26.0. The number of anilines is 1. The number of amides is 1. The zero-order valence-electron chi connectivity index (χ0n) is 23.3. The van der Waals surface area contributed by atoms with Crippen LogP contribution in [0.1, 0.15) is 49.9 Å². The summed E-state index contributed by atoms with van der Waals surface area (Å²) in [5, 5.41) is 6.96. The molecule has 5 heterocycles. The van der Waals surface area contributed by atoms with Crippen molar-refractivity contribution in [1.82, 2.24) is 25.2 Å². The molecule has 208 valence electrons. The number of aromatic nitrogens is 3. The van der Waals surface area contributed by atoms with Gasteiger partial charge in [-0.25, -0.2) is 15.0 Å². The van der Waals surface area contributed by atoms with Gasteiger partial charge in [0, 0.05) is 48.4 Å². The number of carbonyl (C=O) groups is 1. The van der Waals surface area contributed by atoms with Crippen LogP contribution in [0, 0.1) is 13.8 Å². The third-order valence-electron chi connectivity index (χ3n) is 8.14. The quantitative estimate of drug-likeness (QED) is 0.256. The van der Waals surface area contributed by atoms with Crippen LogP contribution in [-0.2, 0) is 19.5 Å². The van der Waals surface area contributed by atoms with Crippen LogP contribution < -0.4 is 10.6 Å². The van der Waals surface area contributed by atoms with Gasteiger partial charge in [-0.2, -0.15) is 0 Å². The van der Waals surface area contributed by atoms with Gasteiger partial charge >= 0.3 is 0 Å². The summed E-state index contributed by atoms with van der Waals surface area (Å²) in [6, 6.07) is 14.3. The summed E-state index contributed by atoms with van der Waals surface area (Å²) in [5.74, 6) is 0.396. The molecule has 2 N–H and O–H groups in total. The molecule has 0 bridgehead atoms. The number of hydrogen-bond acceptors (Lipinski definition) is 8. The molecule has 2 aliphatic rings. The molecule has 0 spiro atoms. The standard InChI is InChI=1S/C32H32N6O2S/c1-19-22(23-8-6-10-25(20(23)2)35-29(39)32-37-26-11-12-33-17-28(26)41-32)7-5-9-24(19)30-36-27-15-21(16-34-31(27)40-30)18-38-13-3-4-14-38/h5-10,15-16,33H,3-4,11-14,17-18H2,1-2H3,(H,35,39). The summed E-state index contributed by atoms with van der Waals surface area (Å²) in [6.07, 6.45) is 5.29. The summed E-state index contributed by atoms with van der Waals surface area (Å²) in [4.78, 5) is 30.8. The van der Waals surface area contributed by atoms with Crippen LogP contribution in [0.15, 0.2) is 53.1 Å². The van der Waals surface area contributed by atoms with Gasteiger partial charge in [-0.1, -0.05) is 24.3 Å². The van der Waals surface area contributed by atoms with Crippen LogP contribution in [-0.4, -0.2) is 45.4 Å². The number of likely N-dealkylation sites (tertiary alicyclic amines) is 1. The van der Waals surface area contributed by atoms with E-state index in [1.165, 1.54) is 24.2 Å². The Balaban J connectivity index is 1.17. The lowest BCUT2D eigenvalue weighted by Gasteiger charge is -2.15. The predicted molar refractivity (Wildman–Crippen MR) is 162 cm³/mol. The molecule has 0 aliphatic carbocycles. The number of carbonyl (C=O) groups excluding carboxylic acids is 1. The smallest absolute Gasteiger partial charge is 0.284 e. The third kappa shape index (κ3) is 5.05. The lowest BCUT2D eigenvalue weighted by molar-refractivity contribution is 0.102. The van der Waals surface area contributed by atoms with E-state index in [-0.39, 0.29) is 5.91 Å². The fourth-order valence-corrected chi connectivity index (χ4v) is 6.86. The molecule has 8 nitrogen and oxygen atoms in total. The van der Waals surface area contributed by atoms with E-state index in [2.05, 4.69) is 50.6 Å². The van der Waals surface area contributed by atoms with Crippen molar-refractivity contribution in [3.63, 3.8) is 0 Å². The van der Waals surface area contributed by atoms with E-state index in [0.29, 0.717) is 16.6 Å². The van der Waals surface area contributed by atoms with E-state index < -0.39 is 0 Å². The number of thiazole rings is 1. The number of nitrogens with zero attached hydrogens (tertiary/aromatic N) is 4. The molecule has 2 aromatic carbocycles. The van der Waals surface area contributed by atoms with Crippen molar-refractivity contribution in [2.75, 3.05) is 25.0 Å². The Morgan fingerprint density at radius 1 is 1.05 bits per heavy atom. The van der Waals surface area contributed by atoms with Gasteiger partial charge in [-0.05, 0) is 85.8 Å². The highest BCUT2D eigenvalue weighted by molar-refractivity contribution is 7.13. The second kappa shape index (κ2) is 10.8. The van der Waals surface area contributed by atoms with Gasteiger partial charge in [-0.3, -0.25) is 9.69 Å². The molecule has 9 heteroatoms. The fraction of sp³-hybridized carbons (Fsp3) is 0.312. The number of oxazole rings is 1. The van der Waals surface area contributed by atoms with Crippen LogP contribution >= 0.6 is 11.3 Å². The number of nitrogens with one attached hydrogen (secondary N) is 2. The topological polar surface area (TPSA) is 96.2 Å². The minimum atomic E-state index is -0.168. The van der Waals surface area contributed by atoms with Crippen LogP contribution in [0.3, 0.4) is 0 Å². The van der Waals surface area contributed by atoms with Crippen molar-refractivity contribution in [2.45, 2.75) is 46.2 Å². The Labute approximate surface area is 242 Å². The maximum absolute atomic E-state index is 13.1. The lowest BCUT2D eigenvalue weighted by Crippen LogP contribution is -2.22. The van der Waals surface area contributed by atoms with Crippen molar-refractivity contribution < 1.29 is 9.21 Å². The van der Waals surface area contributed by atoms with E-state index in [1.54, 1.807) is 0 Å². The molecule has 1 fully saturated rings. The van der Waals surface area contributed by atoms with Crippen LogP contribution in [0.25, 0.3) is 33.8 Å². The normalized spacial score (nSPS) is 15.4. The number of rotatable bonds is 6. The lowest BCUT2D eigenvalue weighted by atomic mass is 9.93. The van der Waals surface area contributed by atoms with E-state index in [4.69, 9.17) is 9.40 Å². The Kier molecular flexibility index (Phi) is 6.86. The maximum atomic E-state index is 13.1. The molecule has 0 unspecified atom stereocenters. The van der Waals surface area contributed by atoms with Gasteiger partial charge in [0.15, 0.2) is 5.01 Å². The summed E-state index contributed by atoms with van der Waals surface area (Å²) in [6.45, 7) is 8.99. The van der Waals surface area contributed by atoms with Gasteiger partial charge in [0.2, 0.25) is 11.6 Å². The first-order valence-corrected chi connectivity index (χ1v) is 15.0. The molecular formula is C32H32N6O2S. The molecule has 0 radical (unpaired) electrons. The molecule has 7 rings (SSSR count). The summed E-state index contributed by atoms with van der Waals surface area (Å²) in [7, 11) is 0. The highest BCUT2D eigenvalue weighted by Gasteiger charge is 2.21. The number of pyridine rings is 1. The Morgan fingerprint density at radius 2 is 1.83 bits per heavy atom. The van der Waals surface area contributed by atoms with Gasteiger partial charge in [0.25, 0.3) is 5.91 Å². The van der Waals surface area contributed by atoms with E-state index in [9.17, 15) is 4.79 Å². The van der Waals surface area contributed by atoms with Gasteiger partial charge in [-0.15, -0.1) is 11.3 Å². The maximum Gasteiger partial charge on any atom is 0.284 e. The average Bonchev–Trinajstić information content (AvgIpc) is 3.74. The zero-order chi connectivity index (χ0) is 27.9. The fourth-order valence-electron chi connectivity index (χ4n) is 5.89. The first-order chi connectivity index (χ1) is 20.0. The minimum absolute atomic E-state index is 0.168. The number of fused-ring (bicyclic) bond motifs is 2. The SMILES string of the molecule is Cc1c(NC(=O)c2nc3c(s2)CNCC3)cccc1-c1cccc(-c2nc3cc(CN4CCCC4)cnc3o2)c1C. The largest absolute Gasteiger partial charge is 0.418 e. The molecule has 3 aromatic heterocycles. The molecule has 2 aliphatic heterocycles. The van der Waals surface area contributed by atoms with Crippen molar-refractivity contribution in [1.29, 1.82) is 0 Å². The molecule has 0 atom stereocenters. The molecule has 41 heavy (non-hydrogen) atoms. The van der Waals surface area contributed by atoms with Gasteiger partial charge < -0.3 is 15.1 Å². The average molecular weight is 565 g/mol. The molecule has 1 amide bonds. The Hall–Kier alpha value is -3.92. The van der Waals surface area contributed by atoms with Crippen LogP contribution in [0.5, 0.6) is 0 Å². The van der Waals surface area contributed by atoms with E-state index >= 15 is 0 Å². The summed E-state index contributed by atoms with van der Waals surface area (Å²) >= 11 is 1.47. The second-order valence-electron chi connectivity index (χ2n) is 10.9. The predicted octanol–water partition coefficient (Wildman–Crippen LogP) is 6.12. The van der Waals surface area contributed by atoms with Crippen molar-refractivity contribution >= 4 is 34.2 Å². The van der Waals surface area contributed by atoms with Gasteiger partial charge in [0.05, 0.1) is 5.69 Å². The van der Waals surface area contributed by atoms with Crippen molar-refractivity contribution in [2.24, 2.45) is 0 Å². The summed E-state index contributed by atoms with van der Waals surface area (Å²) in [5.41, 5.74) is 9.40. The monoisotopic (exact) mass is 564 g/mol. The molecule has 5 aromatic rings. The van der Waals surface area contributed by atoms with Gasteiger partial charge in [0.1, 0.15) is 5.52 Å². The van der Waals surface area contributed by atoms with Crippen LogP contribution in [0.2, 0.25) is 0 Å². The van der Waals surface area contributed by atoms with Crippen LogP contribution in [0.4, 0.5) is 5.69 Å². The third-order valence-corrected chi connectivity index (χ3v) is 9.24. The Morgan fingerprint density at radius 3 is 2.66 bits per heavy atom. The second-order valence-corrected chi connectivity index (χ2v) is 12.0. The van der Waals surface area contributed by atoms with Crippen molar-refractivity contribution in [3.05, 3.63) is 80.9 Å². The number of hydrogen-bond donors (Lipinski definition) is 2. The molecular weight excluding hydrogens is 532 g/mol. The molecule has 1 saturated heterocycles. The minimum Gasteiger partial charge on any atom is -0.418 e. The molecule has 0 saturated carbocycles. The summed E-state index contributed by atoms with van der Waals surface area (Å²) < 4.78 is 6.14. The Bertz CT molecular complexity index is 1740. The van der Waals surface area contributed by atoms with Crippen molar-refractivity contribution in [3.8, 4) is 22.6 Å². The number of benzene rings is 2. The van der Waals surface area contributed by atoms with E-state index in [0.717, 1.165) is 94.3 Å².